The lowest BCUT2D eigenvalue weighted by Gasteiger charge is -2.15. The summed E-state index contributed by atoms with van der Waals surface area (Å²) >= 11 is 0. The van der Waals surface area contributed by atoms with Crippen LogP contribution in [0.2, 0.25) is 0 Å². The molecule has 1 aromatic carbocycles. The number of rotatable bonds is 3. The van der Waals surface area contributed by atoms with Crippen molar-refractivity contribution in [1.82, 2.24) is 9.97 Å². The first-order valence-corrected chi connectivity index (χ1v) is 6.10. The van der Waals surface area contributed by atoms with E-state index in [9.17, 15) is 0 Å². The molecule has 0 amide bonds. The maximum atomic E-state index is 5.51. The van der Waals surface area contributed by atoms with Gasteiger partial charge in [-0.2, -0.15) is 0 Å². The predicted molar refractivity (Wildman–Crippen MR) is 69.7 cm³/mol. The average molecular weight is 241 g/mol. The third-order valence-corrected chi connectivity index (χ3v) is 3.16. The summed E-state index contributed by atoms with van der Waals surface area (Å²) in [5, 5.41) is 3.38. The normalized spacial score (nSPS) is 14.7. The first-order valence-electron chi connectivity index (χ1n) is 6.10. The largest absolute Gasteiger partial charge is 0.493 e. The zero-order chi connectivity index (χ0) is 12.4. The van der Waals surface area contributed by atoms with Crippen LogP contribution in [0.3, 0.4) is 0 Å². The van der Waals surface area contributed by atoms with Gasteiger partial charge in [-0.3, -0.25) is 0 Å². The molecule has 0 saturated carbocycles. The van der Waals surface area contributed by atoms with E-state index >= 15 is 0 Å². The van der Waals surface area contributed by atoms with E-state index < -0.39 is 0 Å². The van der Waals surface area contributed by atoms with Gasteiger partial charge in [0.15, 0.2) is 0 Å². The standard InChI is InChI=1S/C14H15N3O/c1-10(17-13-7-15-9-16-8-13)11-2-3-14-12(6-11)4-5-18-14/h2-3,6-10,17H,4-5H2,1H3. The second kappa shape index (κ2) is 4.64. The Hall–Kier alpha value is -2.10. The minimum absolute atomic E-state index is 0.224. The van der Waals surface area contributed by atoms with Crippen LogP contribution in [-0.4, -0.2) is 16.6 Å². The molecule has 0 fully saturated rings. The van der Waals surface area contributed by atoms with E-state index in [4.69, 9.17) is 4.74 Å². The minimum atomic E-state index is 0.224. The molecule has 4 nitrogen and oxygen atoms in total. The summed E-state index contributed by atoms with van der Waals surface area (Å²) in [7, 11) is 0. The molecule has 3 rings (SSSR count). The average Bonchev–Trinajstić information content (AvgIpc) is 2.87. The van der Waals surface area contributed by atoms with E-state index in [2.05, 4.69) is 40.4 Å². The van der Waals surface area contributed by atoms with Crippen LogP contribution in [0.15, 0.2) is 36.9 Å². The van der Waals surface area contributed by atoms with E-state index in [-0.39, 0.29) is 6.04 Å². The Morgan fingerprint density at radius 3 is 2.94 bits per heavy atom. The van der Waals surface area contributed by atoms with Gasteiger partial charge in [0.1, 0.15) is 12.1 Å². The van der Waals surface area contributed by atoms with E-state index in [1.54, 1.807) is 12.4 Å². The SMILES string of the molecule is CC(Nc1cncnc1)c1ccc2c(c1)CCO2. The van der Waals surface area contributed by atoms with Gasteiger partial charge in [0.2, 0.25) is 0 Å². The zero-order valence-corrected chi connectivity index (χ0v) is 10.3. The highest BCUT2D eigenvalue weighted by Gasteiger charge is 2.14. The first-order chi connectivity index (χ1) is 8.83. The highest BCUT2D eigenvalue weighted by Crippen LogP contribution is 2.29. The lowest BCUT2D eigenvalue weighted by Crippen LogP contribution is -2.07. The van der Waals surface area contributed by atoms with Crippen LogP contribution < -0.4 is 10.1 Å². The number of hydrogen-bond donors (Lipinski definition) is 1. The lowest BCUT2D eigenvalue weighted by atomic mass is 10.0. The lowest BCUT2D eigenvalue weighted by molar-refractivity contribution is 0.357. The van der Waals surface area contributed by atoms with Gasteiger partial charge in [0.25, 0.3) is 0 Å². The van der Waals surface area contributed by atoms with Crippen molar-refractivity contribution in [2.45, 2.75) is 19.4 Å². The summed E-state index contributed by atoms with van der Waals surface area (Å²) < 4.78 is 5.51. The molecule has 92 valence electrons. The van der Waals surface area contributed by atoms with Crippen LogP contribution in [0.1, 0.15) is 24.1 Å². The highest BCUT2D eigenvalue weighted by atomic mass is 16.5. The summed E-state index contributed by atoms with van der Waals surface area (Å²) in [5.74, 6) is 1.02. The van der Waals surface area contributed by atoms with Gasteiger partial charge in [0, 0.05) is 12.5 Å². The van der Waals surface area contributed by atoms with Gasteiger partial charge < -0.3 is 10.1 Å². The van der Waals surface area contributed by atoms with E-state index in [0.717, 1.165) is 24.5 Å². The minimum Gasteiger partial charge on any atom is -0.493 e. The topological polar surface area (TPSA) is 47.0 Å². The summed E-state index contributed by atoms with van der Waals surface area (Å²) in [4.78, 5) is 7.99. The molecule has 0 bridgehead atoms. The maximum absolute atomic E-state index is 5.51. The number of hydrogen-bond acceptors (Lipinski definition) is 4. The number of fused-ring (bicyclic) bond motifs is 1. The summed E-state index contributed by atoms with van der Waals surface area (Å²) in [5.41, 5.74) is 3.48. The Bertz CT molecular complexity index is 542. The number of nitrogens with zero attached hydrogens (tertiary/aromatic N) is 2. The van der Waals surface area contributed by atoms with Crippen molar-refractivity contribution < 1.29 is 4.74 Å². The Morgan fingerprint density at radius 1 is 1.28 bits per heavy atom. The Balaban J connectivity index is 1.78. The quantitative estimate of drug-likeness (QED) is 0.897. The maximum Gasteiger partial charge on any atom is 0.122 e. The van der Waals surface area contributed by atoms with Crippen molar-refractivity contribution >= 4 is 5.69 Å². The van der Waals surface area contributed by atoms with Crippen LogP contribution in [0, 0.1) is 0 Å². The van der Waals surface area contributed by atoms with E-state index in [0.29, 0.717) is 0 Å². The Morgan fingerprint density at radius 2 is 2.11 bits per heavy atom. The van der Waals surface area contributed by atoms with Crippen molar-refractivity contribution in [1.29, 1.82) is 0 Å². The van der Waals surface area contributed by atoms with Gasteiger partial charge in [-0.1, -0.05) is 6.07 Å². The van der Waals surface area contributed by atoms with Gasteiger partial charge >= 0.3 is 0 Å². The molecule has 1 aliphatic heterocycles. The molecular weight excluding hydrogens is 226 g/mol. The van der Waals surface area contributed by atoms with Gasteiger partial charge in [-0.15, -0.1) is 0 Å². The van der Waals surface area contributed by atoms with Crippen molar-refractivity contribution in [2.75, 3.05) is 11.9 Å². The molecule has 2 heterocycles. The molecule has 1 unspecified atom stereocenters. The molecule has 0 aliphatic carbocycles. The molecular formula is C14H15N3O. The summed E-state index contributed by atoms with van der Waals surface area (Å²) in [6.45, 7) is 2.93. The fourth-order valence-corrected chi connectivity index (χ4v) is 2.18. The van der Waals surface area contributed by atoms with Crippen LogP contribution in [0.4, 0.5) is 5.69 Å². The molecule has 1 aliphatic rings. The molecule has 2 aromatic rings. The molecule has 1 aromatic heterocycles. The smallest absolute Gasteiger partial charge is 0.122 e. The highest BCUT2D eigenvalue weighted by molar-refractivity contribution is 5.45. The number of aromatic nitrogens is 2. The second-order valence-electron chi connectivity index (χ2n) is 4.46. The van der Waals surface area contributed by atoms with Crippen molar-refractivity contribution in [3.05, 3.63) is 48.0 Å². The molecule has 4 heteroatoms. The molecule has 0 radical (unpaired) electrons. The Kier molecular flexibility index (Phi) is 2.84. The molecule has 1 atom stereocenters. The summed E-state index contributed by atoms with van der Waals surface area (Å²) in [6, 6.07) is 6.59. The van der Waals surface area contributed by atoms with Crippen molar-refractivity contribution in [2.24, 2.45) is 0 Å². The van der Waals surface area contributed by atoms with Crippen LogP contribution >= 0.6 is 0 Å². The molecule has 0 saturated heterocycles. The number of benzene rings is 1. The fourth-order valence-electron chi connectivity index (χ4n) is 2.18. The molecule has 0 spiro atoms. The van der Waals surface area contributed by atoms with Crippen LogP contribution in [0.5, 0.6) is 5.75 Å². The third kappa shape index (κ3) is 2.14. The Labute approximate surface area is 106 Å². The third-order valence-electron chi connectivity index (χ3n) is 3.16. The monoisotopic (exact) mass is 241 g/mol. The molecule has 1 N–H and O–H groups in total. The number of ether oxygens (including phenoxy) is 1. The van der Waals surface area contributed by atoms with Crippen molar-refractivity contribution in [3.8, 4) is 5.75 Å². The van der Waals surface area contributed by atoms with Crippen LogP contribution in [0.25, 0.3) is 0 Å². The van der Waals surface area contributed by atoms with Gasteiger partial charge in [-0.25, -0.2) is 9.97 Å². The van der Waals surface area contributed by atoms with Crippen molar-refractivity contribution in [3.63, 3.8) is 0 Å². The fraction of sp³-hybridized carbons (Fsp3) is 0.286. The van der Waals surface area contributed by atoms with E-state index in [1.807, 2.05) is 0 Å². The first kappa shape index (κ1) is 11.0. The number of nitrogens with one attached hydrogen (secondary N) is 1. The number of anilines is 1. The second-order valence-corrected chi connectivity index (χ2v) is 4.46. The predicted octanol–water partition coefficient (Wildman–Crippen LogP) is 2.58. The van der Waals surface area contributed by atoms with Gasteiger partial charge in [-0.05, 0) is 30.2 Å². The molecule has 18 heavy (non-hydrogen) atoms. The van der Waals surface area contributed by atoms with Gasteiger partial charge in [0.05, 0.1) is 24.7 Å². The summed E-state index contributed by atoms with van der Waals surface area (Å²) in [6.07, 6.45) is 6.09. The zero-order valence-electron chi connectivity index (χ0n) is 10.3. The van der Waals surface area contributed by atoms with Crippen LogP contribution in [-0.2, 0) is 6.42 Å². The van der Waals surface area contributed by atoms with E-state index in [1.165, 1.54) is 17.5 Å².